The van der Waals surface area contributed by atoms with E-state index in [2.05, 4.69) is 26.7 Å². The molecule has 1 aromatic heterocycles. The molecule has 2 unspecified atom stereocenters. The molecule has 3 rings (SSSR count). The van der Waals surface area contributed by atoms with Crippen molar-refractivity contribution in [2.24, 2.45) is 5.73 Å². The summed E-state index contributed by atoms with van der Waals surface area (Å²) < 4.78 is 0. The number of nitrogen functional groups attached to an aromatic ring is 1. The molecule has 6 heteroatoms. The minimum Gasteiger partial charge on any atom is -0.382 e. The molecule has 0 spiro atoms. The van der Waals surface area contributed by atoms with Gasteiger partial charge in [0.05, 0.1) is 0 Å². The zero-order valence-electron chi connectivity index (χ0n) is 11.9. The van der Waals surface area contributed by atoms with Crippen LogP contribution in [0.1, 0.15) is 31.9 Å². The lowest BCUT2D eigenvalue weighted by Gasteiger charge is -2.47. The summed E-state index contributed by atoms with van der Waals surface area (Å²) >= 11 is 0. The van der Waals surface area contributed by atoms with Crippen LogP contribution in [0.15, 0.2) is 12.3 Å². The van der Waals surface area contributed by atoms with Crippen LogP contribution in [0.4, 0.5) is 5.95 Å². The van der Waals surface area contributed by atoms with E-state index in [-0.39, 0.29) is 5.84 Å². The van der Waals surface area contributed by atoms with Gasteiger partial charge >= 0.3 is 0 Å². The zero-order chi connectivity index (χ0) is 14.1. The Morgan fingerprint density at radius 3 is 3.05 bits per heavy atom. The Morgan fingerprint density at radius 1 is 1.40 bits per heavy atom. The Hall–Kier alpha value is -1.69. The maximum Gasteiger partial charge on any atom is 0.226 e. The van der Waals surface area contributed by atoms with Gasteiger partial charge in [0.25, 0.3) is 0 Å². The molecule has 2 atom stereocenters. The van der Waals surface area contributed by atoms with Crippen LogP contribution >= 0.6 is 0 Å². The summed E-state index contributed by atoms with van der Waals surface area (Å²) in [5, 5.41) is 7.50. The predicted molar refractivity (Wildman–Crippen MR) is 79.1 cm³/mol. The first-order chi connectivity index (χ1) is 9.65. The first-order valence-electron chi connectivity index (χ1n) is 7.33. The van der Waals surface area contributed by atoms with Crippen LogP contribution in [0.5, 0.6) is 0 Å². The van der Waals surface area contributed by atoms with Gasteiger partial charge in [-0.1, -0.05) is 6.42 Å². The molecular weight excluding hydrogens is 252 g/mol. The monoisotopic (exact) mass is 274 g/mol. The van der Waals surface area contributed by atoms with Crippen molar-refractivity contribution in [2.45, 2.75) is 38.3 Å². The molecule has 20 heavy (non-hydrogen) atoms. The lowest BCUT2D eigenvalue weighted by Crippen LogP contribution is -2.59. The predicted octanol–water partition coefficient (Wildman–Crippen LogP) is 0.824. The van der Waals surface area contributed by atoms with Crippen molar-refractivity contribution < 1.29 is 0 Å². The fourth-order valence-electron chi connectivity index (χ4n) is 3.27. The van der Waals surface area contributed by atoms with E-state index in [1.165, 1.54) is 25.8 Å². The van der Waals surface area contributed by atoms with Crippen LogP contribution in [0.2, 0.25) is 0 Å². The second-order valence-corrected chi connectivity index (χ2v) is 5.80. The van der Waals surface area contributed by atoms with Crippen LogP contribution in [-0.4, -0.2) is 52.4 Å². The molecule has 2 aliphatic heterocycles. The standard InChI is InChI=1S/C14H22N6/c1-10-8-19-7-3-2-4-11(19)9-20(10)14-17-6-5-12(18-14)13(15)16/h5-6,10-11H,2-4,7-9H2,1H3,(H3,15,16). The molecular formula is C14H22N6. The number of nitrogens with two attached hydrogens (primary N) is 1. The molecule has 3 N–H and O–H groups in total. The summed E-state index contributed by atoms with van der Waals surface area (Å²) in [6.45, 7) is 5.48. The first-order valence-corrected chi connectivity index (χ1v) is 7.33. The number of hydrogen-bond donors (Lipinski definition) is 2. The molecule has 2 saturated heterocycles. The van der Waals surface area contributed by atoms with E-state index in [9.17, 15) is 0 Å². The highest BCUT2D eigenvalue weighted by atomic mass is 15.4. The van der Waals surface area contributed by atoms with Gasteiger partial charge in [0, 0.05) is 31.4 Å². The number of fused-ring (bicyclic) bond motifs is 1. The Balaban J connectivity index is 1.82. The van der Waals surface area contributed by atoms with Gasteiger partial charge in [0.2, 0.25) is 5.95 Å². The maximum absolute atomic E-state index is 7.50. The van der Waals surface area contributed by atoms with E-state index < -0.39 is 0 Å². The highest BCUT2D eigenvalue weighted by molar-refractivity contribution is 5.93. The number of rotatable bonds is 2. The maximum atomic E-state index is 7.50. The highest BCUT2D eigenvalue weighted by Gasteiger charge is 2.34. The van der Waals surface area contributed by atoms with Crippen LogP contribution in [-0.2, 0) is 0 Å². The molecule has 0 saturated carbocycles. The third-order valence-electron chi connectivity index (χ3n) is 4.36. The number of nitrogens with one attached hydrogen (secondary N) is 1. The first kappa shape index (κ1) is 13.3. The Labute approximate surface area is 119 Å². The molecule has 2 fully saturated rings. The number of aromatic nitrogens is 2. The summed E-state index contributed by atoms with van der Waals surface area (Å²) in [5.41, 5.74) is 6.03. The van der Waals surface area contributed by atoms with Gasteiger partial charge < -0.3 is 10.6 Å². The van der Waals surface area contributed by atoms with E-state index in [0.717, 1.165) is 13.1 Å². The number of piperazine rings is 1. The van der Waals surface area contributed by atoms with Crippen molar-refractivity contribution in [3.8, 4) is 0 Å². The summed E-state index contributed by atoms with van der Waals surface area (Å²) in [7, 11) is 0. The molecule has 0 amide bonds. The molecule has 3 heterocycles. The minimum atomic E-state index is -0.00222. The summed E-state index contributed by atoms with van der Waals surface area (Å²) in [6, 6.07) is 2.70. The molecule has 0 aliphatic carbocycles. The molecule has 2 aliphatic rings. The Kier molecular flexibility index (Phi) is 3.56. The van der Waals surface area contributed by atoms with Gasteiger partial charge in [-0.25, -0.2) is 9.97 Å². The van der Waals surface area contributed by atoms with E-state index in [4.69, 9.17) is 11.1 Å². The molecule has 0 bridgehead atoms. The van der Waals surface area contributed by atoms with E-state index >= 15 is 0 Å². The number of hydrogen-bond acceptors (Lipinski definition) is 5. The van der Waals surface area contributed by atoms with Gasteiger partial charge in [-0.2, -0.15) is 0 Å². The van der Waals surface area contributed by atoms with Crippen LogP contribution in [0, 0.1) is 5.41 Å². The third kappa shape index (κ3) is 2.47. The van der Waals surface area contributed by atoms with Crippen molar-refractivity contribution in [3.63, 3.8) is 0 Å². The highest BCUT2D eigenvalue weighted by Crippen LogP contribution is 2.26. The van der Waals surface area contributed by atoms with Gasteiger partial charge in [-0.3, -0.25) is 10.3 Å². The topological polar surface area (TPSA) is 82.1 Å². The lowest BCUT2D eigenvalue weighted by atomic mass is 9.97. The van der Waals surface area contributed by atoms with Crippen LogP contribution < -0.4 is 10.6 Å². The normalized spacial score (nSPS) is 27.1. The molecule has 1 aromatic rings. The van der Waals surface area contributed by atoms with Crippen molar-refractivity contribution in [3.05, 3.63) is 18.0 Å². The third-order valence-corrected chi connectivity index (χ3v) is 4.36. The van der Waals surface area contributed by atoms with Crippen LogP contribution in [0.3, 0.4) is 0 Å². The molecule has 108 valence electrons. The van der Waals surface area contributed by atoms with E-state index in [1.54, 1.807) is 12.3 Å². The van der Waals surface area contributed by atoms with Gasteiger partial charge in [0.1, 0.15) is 11.5 Å². The van der Waals surface area contributed by atoms with Gasteiger partial charge in [0.15, 0.2) is 0 Å². The van der Waals surface area contributed by atoms with Crippen molar-refractivity contribution in [1.82, 2.24) is 14.9 Å². The SMILES string of the molecule is CC1CN2CCCCC2CN1c1nccc(C(=N)N)n1. The minimum absolute atomic E-state index is 0.00222. The average molecular weight is 274 g/mol. The number of nitrogens with zero attached hydrogens (tertiary/aromatic N) is 4. The van der Waals surface area contributed by atoms with Crippen molar-refractivity contribution in [1.29, 1.82) is 5.41 Å². The quantitative estimate of drug-likeness (QED) is 0.616. The lowest BCUT2D eigenvalue weighted by molar-refractivity contribution is 0.115. The smallest absolute Gasteiger partial charge is 0.226 e. The average Bonchev–Trinajstić information content (AvgIpc) is 2.46. The number of amidine groups is 1. The fourth-order valence-corrected chi connectivity index (χ4v) is 3.27. The molecule has 0 radical (unpaired) electrons. The second kappa shape index (κ2) is 5.36. The largest absolute Gasteiger partial charge is 0.382 e. The Bertz CT molecular complexity index is 502. The van der Waals surface area contributed by atoms with Crippen molar-refractivity contribution >= 4 is 11.8 Å². The van der Waals surface area contributed by atoms with E-state index in [0.29, 0.717) is 23.7 Å². The van der Waals surface area contributed by atoms with E-state index in [1.807, 2.05) is 0 Å². The summed E-state index contributed by atoms with van der Waals surface area (Å²) in [4.78, 5) is 13.7. The summed E-state index contributed by atoms with van der Waals surface area (Å²) in [5.74, 6) is 0.702. The fraction of sp³-hybridized carbons (Fsp3) is 0.643. The summed E-state index contributed by atoms with van der Waals surface area (Å²) in [6.07, 6.45) is 5.59. The number of piperidine rings is 1. The zero-order valence-corrected chi connectivity index (χ0v) is 11.9. The Morgan fingerprint density at radius 2 is 2.25 bits per heavy atom. The number of anilines is 1. The van der Waals surface area contributed by atoms with Crippen molar-refractivity contribution in [2.75, 3.05) is 24.5 Å². The second-order valence-electron chi connectivity index (χ2n) is 5.80. The van der Waals surface area contributed by atoms with Crippen LogP contribution in [0.25, 0.3) is 0 Å². The van der Waals surface area contributed by atoms with Gasteiger partial charge in [-0.15, -0.1) is 0 Å². The molecule has 6 nitrogen and oxygen atoms in total. The van der Waals surface area contributed by atoms with Gasteiger partial charge in [-0.05, 0) is 32.4 Å². The molecule has 0 aromatic carbocycles.